The first-order valence-electron chi connectivity index (χ1n) is 6.86. The molecule has 2 aromatic rings. The van der Waals surface area contributed by atoms with Crippen molar-refractivity contribution in [2.24, 2.45) is 0 Å². The summed E-state index contributed by atoms with van der Waals surface area (Å²) >= 11 is 3.32. The molecule has 2 rings (SSSR count). The number of nitrogens with one attached hydrogen (secondary N) is 1. The van der Waals surface area contributed by atoms with E-state index in [4.69, 9.17) is 0 Å². The fraction of sp³-hybridized carbons (Fsp3) is 0.188. The summed E-state index contributed by atoms with van der Waals surface area (Å²) in [5.41, 5.74) is 1.39. The topological polar surface area (TPSA) is 66.5 Å². The van der Waals surface area contributed by atoms with Crippen molar-refractivity contribution < 1.29 is 13.2 Å². The summed E-state index contributed by atoms with van der Waals surface area (Å²) in [6, 6.07) is 13.6. The minimum Gasteiger partial charge on any atom is -0.348 e. The molecule has 0 aliphatic heterocycles. The van der Waals surface area contributed by atoms with Gasteiger partial charge in [0.15, 0.2) is 0 Å². The number of amides is 1. The molecule has 0 aliphatic carbocycles. The second-order valence-electron chi connectivity index (χ2n) is 5.12. The highest BCUT2D eigenvalue weighted by Gasteiger charge is 2.16. The molecule has 2 aromatic carbocycles. The maximum atomic E-state index is 12.1. The van der Waals surface area contributed by atoms with E-state index in [1.54, 1.807) is 30.3 Å². The zero-order chi connectivity index (χ0) is 17.0. The lowest BCUT2D eigenvalue weighted by molar-refractivity contribution is 0.0951. The molecule has 0 bridgehead atoms. The number of hydrogen-bond donors (Lipinski definition) is 1. The molecule has 0 unspecified atom stereocenters. The van der Waals surface area contributed by atoms with E-state index < -0.39 is 10.0 Å². The molecule has 0 fully saturated rings. The van der Waals surface area contributed by atoms with Gasteiger partial charge >= 0.3 is 0 Å². The van der Waals surface area contributed by atoms with Gasteiger partial charge in [-0.25, -0.2) is 12.7 Å². The summed E-state index contributed by atoms with van der Waals surface area (Å²) in [6.07, 6.45) is 0. The maximum Gasteiger partial charge on any atom is 0.251 e. The Labute approximate surface area is 144 Å². The van der Waals surface area contributed by atoms with E-state index in [1.807, 2.05) is 6.07 Å². The lowest BCUT2D eigenvalue weighted by atomic mass is 10.2. The number of carbonyl (C=O) groups excluding carboxylic acids is 1. The van der Waals surface area contributed by atoms with Crippen molar-refractivity contribution in [1.82, 2.24) is 9.62 Å². The molecule has 122 valence electrons. The van der Waals surface area contributed by atoms with E-state index in [-0.39, 0.29) is 10.8 Å². The van der Waals surface area contributed by atoms with Crippen LogP contribution in [0.5, 0.6) is 0 Å². The average molecular weight is 397 g/mol. The van der Waals surface area contributed by atoms with Gasteiger partial charge in [-0.2, -0.15) is 0 Å². The summed E-state index contributed by atoms with van der Waals surface area (Å²) in [4.78, 5) is 12.3. The summed E-state index contributed by atoms with van der Waals surface area (Å²) in [5.74, 6) is -0.184. The lowest BCUT2D eigenvalue weighted by Gasteiger charge is -2.12. The first-order valence-corrected chi connectivity index (χ1v) is 9.09. The molecular formula is C16H17BrN2O3S. The standard InChI is InChI=1S/C16H17BrN2O3S/c1-19(2)23(21,22)15-8-6-12(7-9-15)11-18-16(20)13-4-3-5-14(17)10-13/h3-10H,11H2,1-2H3,(H,18,20). The Morgan fingerprint density at radius 1 is 1.13 bits per heavy atom. The van der Waals surface area contributed by atoms with Crippen LogP contribution in [0.15, 0.2) is 57.9 Å². The Balaban J connectivity index is 2.03. The van der Waals surface area contributed by atoms with Crippen molar-refractivity contribution in [1.29, 1.82) is 0 Å². The van der Waals surface area contributed by atoms with Crippen molar-refractivity contribution in [3.8, 4) is 0 Å². The quantitative estimate of drug-likeness (QED) is 0.844. The smallest absolute Gasteiger partial charge is 0.251 e. The van der Waals surface area contributed by atoms with Gasteiger partial charge in [0.05, 0.1) is 4.90 Å². The lowest BCUT2D eigenvalue weighted by Crippen LogP contribution is -2.23. The van der Waals surface area contributed by atoms with Gasteiger partial charge in [0.25, 0.3) is 5.91 Å². The predicted molar refractivity (Wildman–Crippen MR) is 92.6 cm³/mol. The minimum atomic E-state index is -3.43. The molecule has 1 amide bonds. The van der Waals surface area contributed by atoms with E-state index in [0.717, 1.165) is 14.3 Å². The summed E-state index contributed by atoms with van der Waals surface area (Å²) in [6.45, 7) is 0.327. The first-order chi connectivity index (χ1) is 10.8. The third-order valence-electron chi connectivity index (χ3n) is 3.24. The van der Waals surface area contributed by atoms with Gasteiger partial charge in [0, 0.05) is 30.7 Å². The second-order valence-corrected chi connectivity index (χ2v) is 8.19. The summed E-state index contributed by atoms with van der Waals surface area (Å²) < 4.78 is 26.0. The minimum absolute atomic E-state index is 0.184. The molecular weight excluding hydrogens is 380 g/mol. The van der Waals surface area contributed by atoms with Gasteiger partial charge in [0.1, 0.15) is 0 Å². The highest BCUT2D eigenvalue weighted by molar-refractivity contribution is 9.10. The van der Waals surface area contributed by atoms with Gasteiger partial charge < -0.3 is 5.32 Å². The third kappa shape index (κ3) is 4.40. The number of carbonyl (C=O) groups is 1. The third-order valence-corrected chi connectivity index (χ3v) is 5.56. The van der Waals surface area contributed by atoms with Crippen molar-refractivity contribution in [2.75, 3.05) is 14.1 Å². The molecule has 23 heavy (non-hydrogen) atoms. The monoisotopic (exact) mass is 396 g/mol. The number of nitrogens with zero attached hydrogens (tertiary/aromatic N) is 1. The Morgan fingerprint density at radius 2 is 1.78 bits per heavy atom. The van der Waals surface area contributed by atoms with Crippen LogP contribution in [-0.2, 0) is 16.6 Å². The Kier molecular flexibility index (Phi) is 5.56. The van der Waals surface area contributed by atoms with E-state index in [9.17, 15) is 13.2 Å². The molecule has 0 aliphatic rings. The van der Waals surface area contributed by atoms with Crippen LogP contribution in [0, 0.1) is 0 Å². The fourth-order valence-electron chi connectivity index (χ4n) is 1.90. The van der Waals surface area contributed by atoms with Crippen molar-refractivity contribution in [2.45, 2.75) is 11.4 Å². The van der Waals surface area contributed by atoms with Gasteiger partial charge in [0.2, 0.25) is 10.0 Å². The van der Waals surface area contributed by atoms with Crippen molar-refractivity contribution in [3.05, 3.63) is 64.1 Å². The molecule has 0 atom stereocenters. The highest BCUT2D eigenvalue weighted by atomic mass is 79.9. The summed E-state index contributed by atoms with van der Waals surface area (Å²) in [7, 11) is -0.457. The fourth-order valence-corrected chi connectivity index (χ4v) is 3.21. The maximum absolute atomic E-state index is 12.1. The molecule has 0 saturated carbocycles. The molecule has 7 heteroatoms. The molecule has 0 heterocycles. The zero-order valence-corrected chi connectivity index (χ0v) is 15.2. The van der Waals surface area contributed by atoms with Crippen LogP contribution < -0.4 is 5.32 Å². The van der Waals surface area contributed by atoms with Gasteiger partial charge in [-0.15, -0.1) is 0 Å². The number of hydrogen-bond acceptors (Lipinski definition) is 3. The SMILES string of the molecule is CN(C)S(=O)(=O)c1ccc(CNC(=O)c2cccc(Br)c2)cc1. The van der Waals surface area contributed by atoms with E-state index >= 15 is 0 Å². The van der Waals surface area contributed by atoms with Crippen molar-refractivity contribution >= 4 is 31.9 Å². The van der Waals surface area contributed by atoms with Crippen LogP contribution in [0.3, 0.4) is 0 Å². The number of benzene rings is 2. The van der Waals surface area contributed by atoms with Crippen LogP contribution in [-0.4, -0.2) is 32.7 Å². The molecule has 0 radical (unpaired) electrons. The molecule has 0 aromatic heterocycles. The number of halogens is 1. The van der Waals surface area contributed by atoms with Crippen LogP contribution in [0.2, 0.25) is 0 Å². The van der Waals surface area contributed by atoms with Crippen LogP contribution >= 0.6 is 15.9 Å². The molecule has 0 saturated heterocycles. The van der Waals surface area contributed by atoms with E-state index in [0.29, 0.717) is 12.1 Å². The summed E-state index contributed by atoms with van der Waals surface area (Å²) in [5, 5.41) is 2.80. The Hall–Kier alpha value is -1.70. The van der Waals surface area contributed by atoms with Crippen LogP contribution in [0.25, 0.3) is 0 Å². The first kappa shape index (κ1) is 17.7. The normalized spacial score (nSPS) is 11.5. The zero-order valence-electron chi connectivity index (χ0n) is 12.8. The van der Waals surface area contributed by atoms with Gasteiger partial charge in [-0.05, 0) is 35.9 Å². The molecule has 5 nitrogen and oxygen atoms in total. The van der Waals surface area contributed by atoms with Crippen LogP contribution in [0.4, 0.5) is 0 Å². The molecule has 1 N–H and O–H groups in total. The number of sulfonamides is 1. The average Bonchev–Trinajstić information content (AvgIpc) is 2.52. The number of rotatable bonds is 5. The van der Waals surface area contributed by atoms with E-state index in [2.05, 4.69) is 21.2 Å². The molecule has 0 spiro atoms. The van der Waals surface area contributed by atoms with Gasteiger partial charge in [-0.1, -0.05) is 34.1 Å². The second kappa shape index (κ2) is 7.25. The van der Waals surface area contributed by atoms with E-state index in [1.165, 1.54) is 26.2 Å². The van der Waals surface area contributed by atoms with Crippen molar-refractivity contribution in [3.63, 3.8) is 0 Å². The Morgan fingerprint density at radius 3 is 2.35 bits per heavy atom. The largest absolute Gasteiger partial charge is 0.348 e. The van der Waals surface area contributed by atoms with Gasteiger partial charge in [-0.3, -0.25) is 4.79 Å². The van der Waals surface area contributed by atoms with Crippen LogP contribution in [0.1, 0.15) is 15.9 Å². The highest BCUT2D eigenvalue weighted by Crippen LogP contribution is 2.14. The predicted octanol–water partition coefficient (Wildman–Crippen LogP) is 2.63. The Bertz CT molecular complexity index is 802.